The van der Waals surface area contributed by atoms with Crippen molar-refractivity contribution >= 4 is 17.3 Å². The van der Waals surface area contributed by atoms with Crippen LogP contribution in [0.1, 0.15) is 34.1 Å². The van der Waals surface area contributed by atoms with Gasteiger partial charge in [-0.25, -0.2) is 4.68 Å². The summed E-state index contributed by atoms with van der Waals surface area (Å²) in [6.45, 7) is 9.94. The van der Waals surface area contributed by atoms with Crippen LogP contribution in [0.2, 0.25) is 5.02 Å². The van der Waals surface area contributed by atoms with Gasteiger partial charge in [0.15, 0.2) is 0 Å². The molecule has 1 atom stereocenters. The molecule has 1 aromatic rings. The highest BCUT2D eigenvalue weighted by atomic mass is 35.5. The van der Waals surface area contributed by atoms with Crippen molar-refractivity contribution in [3.05, 3.63) is 21.6 Å². The first-order valence-electron chi connectivity index (χ1n) is 7.11. The van der Waals surface area contributed by atoms with E-state index in [1.54, 1.807) is 6.20 Å². The predicted molar refractivity (Wildman–Crippen MR) is 82.5 cm³/mol. The second-order valence-electron chi connectivity index (χ2n) is 5.05. The smallest absolute Gasteiger partial charge is 0.287 e. The third-order valence-electron chi connectivity index (χ3n) is 3.07. The number of nitrogens with zero attached hydrogens (tertiary/aromatic N) is 2. The molecule has 1 heterocycles. The van der Waals surface area contributed by atoms with Crippen molar-refractivity contribution in [2.75, 3.05) is 18.5 Å². The largest absolute Gasteiger partial charge is 0.380 e. The third kappa shape index (κ3) is 4.49. The van der Waals surface area contributed by atoms with Crippen LogP contribution in [0.5, 0.6) is 0 Å². The van der Waals surface area contributed by atoms with E-state index in [1.807, 2.05) is 13.8 Å². The van der Waals surface area contributed by atoms with Gasteiger partial charge in [-0.1, -0.05) is 32.4 Å². The van der Waals surface area contributed by atoms with Gasteiger partial charge in [0.1, 0.15) is 5.02 Å². The van der Waals surface area contributed by atoms with Gasteiger partial charge in [0.25, 0.3) is 5.56 Å². The molecule has 5 nitrogen and oxygen atoms in total. The Hall–Kier alpha value is -1.07. The lowest BCUT2D eigenvalue weighted by molar-refractivity contribution is 0.127. The highest BCUT2D eigenvalue weighted by molar-refractivity contribution is 6.32. The van der Waals surface area contributed by atoms with Crippen LogP contribution in [-0.2, 0) is 11.3 Å². The first-order valence-corrected chi connectivity index (χ1v) is 7.48. The van der Waals surface area contributed by atoms with Crippen LogP contribution < -0.4 is 10.9 Å². The van der Waals surface area contributed by atoms with Crippen molar-refractivity contribution < 1.29 is 4.74 Å². The molecule has 0 aliphatic carbocycles. The Morgan fingerprint density at radius 2 is 2.15 bits per heavy atom. The summed E-state index contributed by atoms with van der Waals surface area (Å²) in [5.41, 5.74) is 0.319. The fraction of sp³-hybridized carbons (Fsp3) is 0.714. The summed E-state index contributed by atoms with van der Waals surface area (Å²) in [6, 6.07) is 0.0932. The molecule has 0 fully saturated rings. The monoisotopic (exact) mass is 301 g/mol. The second kappa shape index (κ2) is 8.27. The fourth-order valence-corrected chi connectivity index (χ4v) is 1.98. The number of nitrogens with one attached hydrogen (secondary N) is 1. The van der Waals surface area contributed by atoms with Crippen LogP contribution in [0.15, 0.2) is 11.0 Å². The van der Waals surface area contributed by atoms with E-state index in [0.717, 1.165) is 6.42 Å². The number of hydrogen-bond acceptors (Lipinski definition) is 4. The van der Waals surface area contributed by atoms with Gasteiger partial charge in [-0.3, -0.25) is 4.79 Å². The second-order valence-corrected chi connectivity index (χ2v) is 5.43. The van der Waals surface area contributed by atoms with E-state index in [0.29, 0.717) is 31.4 Å². The predicted octanol–water partition coefficient (Wildman–Crippen LogP) is 2.78. The van der Waals surface area contributed by atoms with Crippen LogP contribution in [-0.4, -0.2) is 29.0 Å². The van der Waals surface area contributed by atoms with Crippen LogP contribution >= 0.6 is 11.6 Å². The average Bonchev–Trinajstić information content (AvgIpc) is 2.42. The lowest BCUT2D eigenvalue weighted by Crippen LogP contribution is -2.33. The molecule has 0 aliphatic rings. The lowest BCUT2D eigenvalue weighted by Gasteiger charge is -2.23. The Bertz CT molecular complexity index is 474. The van der Waals surface area contributed by atoms with Crippen LogP contribution in [0.3, 0.4) is 0 Å². The minimum Gasteiger partial charge on any atom is -0.380 e. The maximum atomic E-state index is 12.0. The Labute approximate surface area is 125 Å². The Kier molecular flexibility index (Phi) is 7.02. The zero-order valence-corrected chi connectivity index (χ0v) is 13.4. The molecule has 114 valence electrons. The van der Waals surface area contributed by atoms with Gasteiger partial charge in [-0.15, -0.1) is 0 Å². The zero-order chi connectivity index (χ0) is 15.1. The van der Waals surface area contributed by atoms with Gasteiger partial charge >= 0.3 is 0 Å². The molecule has 0 radical (unpaired) electrons. The highest BCUT2D eigenvalue weighted by Gasteiger charge is 2.17. The maximum Gasteiger partial charge on any atom is 0.287 e. The number of hydrogen-bond donors (Lipinski definition) is 1. The van der Waals surface area contributed by atoms with Crippen molar-refractivity contribution in [2.24, 2.45) is 5.92 Å². The van der Waals surface area contributed by atoms with Crippen molar-refractivity contribution in [1.29, 1.82) is 0 Å². The molecule has 0 saturated heterocycles. The topological polar surface area (TPSA) is 56.1 Å². The maximum absolute atomic E-state index is 12.0. The molecule has 0 spiro atoms. The SMILES string of the molecule is CCCn1ncc(NC(COCC)C(C)C)c(Cl)c1=O. The van der Waals surface area contributed by atoms with Crippen molar-refractivity contribution in [3.63, 3.8) is 0 Å². The number of aromatic nitrogens is 2. The molecule has 6 heteroatoms. The number of aryl methyl sites for hydroxylation is 1. The molecule has 0 saturated carbocycles. The molecule has 0 aliphatic heterocycles. The number of halogens is 1. The van der Waals surface area contributed by atoms with E-state index in [4.69, 9.17) is 16.3 Å². The van der Waals surface area contributed by atoms with Crippen molar-refractivity contribution in [1.82, 2.24) is 9.78 Å². The summed E-state index contributed by atoms with van der Waals surface area (Å²) in [7, 11) is 0. The van der Waals surface area contributed by atoms with E-state index in [2.05, 4.69) is 24.3 Å². The van der Waals surface area contributed by atoms with E-state index in [-0.39, 0.29) is 16.6 Å². The minimum atomic E-state index is -0.252. The summed E-state index contributed by atoms with van der Waals surface area (Å²) in [5.74, 6) is 0.357. The van der Waals surface area contributed by atoms with E-state index in [1.165, 1.54) is 4.68 Å². The average molecular weight is 302 g/mol. The molecule has 0 bridgehead atoms. The molecule has 1 rings (SSSR count). The summed E-state index contributed by atoms with van der Waals surface area (Å²) in [6.07, 6.45) is 2.45. The molecule has 1 aromatic heterocycles. The molecule has 1 N–H and O–H groups in total. The first-order chi connectivity index (χ1) is 9.51. The van der Waals surface area contributed by atoms with Gasteiger partial charge in [0.2, 0.25) is 0 Å². The first kappa shape index (κ1) is 17.0. The molecule has 0 amide bonds. The summed E-state index contributed by atoms with van der Waals surface area (Å²) >= 11 is 6.14. The number of ether oxygens (including phenoxy) is 1. The van der Waals surface area contributed by atoms with E-state index >= 15 is 0 Å². The fourth-order valence-electron chi connectivity index (χ4n) is 1.78. The standard InChI is InChI=1S/C14H24ClN3O2/c1-5-7-18-14(19)13(15)11(8-16-18)17-12(10(3)4)9-20-6-2/h8,10,12,17H,5-7,9H2,1-4H3. The Morgan fingerprint density at radius 3 is 2.70 bits per heavy atom. The van der Waals surface area contributed by atoms with Crippen LogP contribution in [0.4, 0.5) is 5.69 Å². The summed E-state index contributed by atoms with van der Waals surface area (Å²) in [5, 5.41) is 7.59. The van der Waals surface area contributed by atoms with E-state index in [9.17, 15) is 4.79 Å². The van der Waals surface area contributed by atoms with Crippen LogP contribution in [0.25, 0.3) is 0 Å². The van der Waals surface area contributed by atoms with Gasteiger partial charge in [0, 0.05) is 13.2 Å². The number of rotatable bonds is 8. The molecular formula is C14H24ClN3O2. The quantitative estimate of drug-likeness (QED) is 0.802. The normalized spacial score (nSPS) is 12.7. The Balaban J connectivity index is 2.90. The van der Waals surface area contributed by atoms with Crippen molar-refractivity contribution in [3.8, 4) is 0 Å². The van der Waals surface area contributed by atoms with Gasteiger partial charge in [-0.05, 0) is 19.3 Å². The summed E-state index contributed by atoms with van der Waals surface area (Å²) < 4.78 is 6.84. The highest BCUT2D eigenvalue weighted by Crippen LogP contribution is 2.19. The third-order valence-corrected chi connectivity index (χ3v) is 3.43. The molecular weight excluding hydrogens is 278 g/mol. The van der Waals surface area contributed by atoms with Crippen molar-refractivity contribution in [2.45, 2.75) is 46.7 Å². The molecule has 1 unspecified atom stereocenters. The van der Waals surface area contributed by atoms with Gasteiger partial charge in [-0.2, -0.15) is 5.10 Å². The Morgan fingerprint density at radius 1 is 1.45 bits per heavy atom. The molecule has 0 aromatic carbocycles. The molecule has 20 heavy (non-hydrogen) atoms. The minimum absolute atomic E-state index is 0.0932. The lowest BCUT2D eigenvalue weighted by atomic mass is 10.1. The number of anilines is 1. The van der Waals surface area contributed by atoms with E-state index < -0.39 is 0 Å². The zero-order valence-electron chi connectivity index (χ0n) is 12.6. The van der Waals surface area contributed by atoms with Gasteiger partial charge < -0.3 is 10.1 Å². The van der Waals surface area contributed by atoms with Gasteiger partial charge in [0.05, 0.1) is 24.5 Å². The van der Waals surface area contributed by atoms with Crippen LogP contribution in [0, 0.1) is 5.92 Å². The summed E-state index contributed by atoms with van der Waals surface area (Å²) in [4.78, 5) is 12.0.